The second-order valence-electron chi connectivity index (χ2n) is 4.33. The molecule has 6 heteroatoms. The minimum Gasteiger partial charge on any atom is -0.384 e. The zero-order chi connectivity index (χ0) is 14.3. The van der Waals surface area contributed by atoms with Crippen LogP contribution in [0.2, 0.25) is 0 Å². The van der Waals surface area contributed by atoms with E-state index in [1.165, 1.54) is 0 Å². The Morgan fingerprint density at radius 1 is 1.42 bits per heavy atom. The third-order valence-electron chi connectivity index (χ3n) is 2.53. The predicted octanol–water partition coefficient (Wildman–Crippen LogP) is 1.32. The Morgan fingerprint density at radius 3 is 2.79 bits per heavy atom. The highest BCUT2D eigenvalue weighted by Gasteiger charge is 2.11. The monoisotopic (exact) mass is 283 g/mol. The summed E-state index contributed by atoms with van der Waals surface area (Å²) in [6, 6.07) is 1.86. The molecule has 0 bridgehead atoms. The molecule has 1 unspecified atom stereocenters. The Balaban J connectivity index is 2.74. The third kappa shape index (κ3) is 5.38. The van der Waals surface area contributed by atoms with Gasteiger partial charge in [-0.2, -0.15) is 0 Å². The van der Waals surface area contributed by atoms with Crippen molar-refractivity contribution in [3.8, 4) is 0 Å². The van der Waals surface area contributed by atoms with Crippen molar-refractivity contribution in [3.05, 3.63) is 23.5 Å². The first-order chi connectivity index (χ1) is 9.04. The zero-order valence-corrected chi connectivity index (χ0v) is 12.5. The molecular formula is C13H21N3O2S. The summed E-state index contributed by atoms with van der Waals surface area (Å²) in [6.45, 7) is 5.17. The molecule has 0 radical (unpaired) electrons. The maximum atomic E-state index is 12.0. The first-order valence-electron chi connectivity index (χ1n) is 6.33. The highest BCUT2D eigenvalue weighted by molar-refractivity contribution is 7.84. The van der Waals surface area contributed by atoms with Gasteiger partial charge in [-0.15, -0.1) is 0 Å². The number of rotatable bonds is 7. The molecule has 1 rings (SSSR count). The largest absolute Gasteiger partial charge is 0.384 e. The molecule has 0 saturated heterocycles. The number of pyridine rings is 1. The van der Waals surface area contributed by atoms with Crippen molar-refractivity contribution >= 4 is 22.4 Å². The van der Waals surface area contributed by atoms with Gasteiger partial charge in [0.1, 0.15) is 0 Å². The van der Waals surface area contributed by atoms with Crippen molar-refractivity contribution in [1.29, 1.82) is 0 Å². The summed E-state index contributed by atoms with van der Waals surface area (Å²) in [5.74, 6) is 0.277. The van der Waals surface area contributed by atoms with Gasteiger partial charge in [-0.25, -0.2) is 0 Å². The van der Waals surface area contributed by atoms with Crippen LogP contribution < -0.4 is 10.6 Å². The lowest BCUT2D eigenvalue weighted by molar-refractivity contribution is 0.0956. The smallest absolute Gasteiger partial charge is 0.254 e. The molecule has 0 aliphatic rings. The summed E-state index contributed by atoms with van der Waals surface area (Å²) in [7, 11) is -0.898. The van der Waals surface area contributed by atoms with Crippen molar-refractivity contribution in [2.24, 2.45) is 0 Å². The molecule has 19 heavy (non-hydrogen) atoms. The van der Waals surface area contributed by atoms with E-state index in [1.807, 2.05) is 13.0 Å². The number of carbonyl (C=O) groups excluding carboxylic acids is 1. The maximum Gasteiger partial charge on any atom is 0.254 e. The third-order valence-corrected chi connectivity index (χ3v) is 3.30. The number of nitrogens with one attached hydrogen (secondary N) is 2. The van der Waals surface area contributed by atoms with E-state index in [1.54, 1.807) is 12.5 Å². The van der Waals surface area contributed by atoms with E-state index in [2.05, 4.69) is 22.5 Å². The van der Waals surface area contributed by atoms with Crippen LogP contribution in [0.15, 0.2) is 12.3 Å². The fourth-order valence-electron chi connectivity index (χ4n) is 1.55. The first kappa shape index (κ1) is 15.6. The van der Waals surface area contributed by atoms with Crippen LogP contribution in [-0.2, 0) is 10.8 Å². The Bertz CT molecular complexity index is 463. The molecule has 106 valence electrons. The normalized spacial score (nSPS) is 11.9. The summed E-state index contributed by atoms with van der Waals surface area (Å²) in [6.07, 6.45) is 4.18. The molecule has 1 atom stereocenters. The highest BCUT2D eigenvalue weighted by Crippen LogP contribution is 2.15. The molecule has 1 aromatic rings. The molecule has 0 saturated carbocycles. The van der Waals surface area contributed by atoms with E-state index in [0.29, 0.717) is 17.9 Å². The van der Waals surface area contributed by atoms with Gasteiger partial charge in [0.15, 0.2) is 0 Å². The van der Waals surface area contributed by atoms with Crippen LogP contribution >= 0.6 is 0 Å². The summed E-state index contributed by atoms with van der Waals surface area (Å²) in [5, 5.41) is 5.98. The summed E-state index contributed by atoms with van der Waals surface area (Å²) >= 11 is 0. The number of aryl methyl sites for hydroxylation is 1. The van der Waals surface area contributed by atoms with Crippen molar-refractivity contribution in [2.75, 3.05) is 30.4 Å². The molecule has 0 fully saturated rings. The van der Waals surface area contributed by atoms with Crippen LogP contribution in [-0.4, -0.2) is 40.2 Å². The van der Waals surface area contributed by atoms with E-state index in [9.17, 15) is 9.00 Å². The first-order valence-corrected chi connectivity index (χ1v) is 8.06. The van der Waals surface area contributed by atoms with Crippen molar-refractivity contribution in [1.82, 2.24) is 10.3 Å². The number of carbonyl (C=O) groups is 1. The van der Waals surface area contributed by atoms with Crippen molar-refractivity contribution in [2.45, 2.75) is 20.3 Å². The standard InChI is InChI=1S/C13H21N3O2S/c1-4-5-14-12-8-10(2)16-9-11(12)13(17)15-6-7-19(3)18/h8-9H,4-7H2,1-3H3,(H,14,16)(H,15,17). The Morgan fingerprint density at radius 2 is 2.16 bits per heavy atom. The van der Waals surface area contributed by atoms with Crippen LogP contribution in [0.1, 0.15) is 29.4 Å². The number of nitrogens with zero attached hydrogens (tertiary/aromatic N) is 1. The van der Waals surface area contributed by atoms with E-state index < -0.39 is 10.8 Å². The quantitative estimate of drug-likeness (QED) is 0.792. The fourth-order valence-corrected chi connectivity index (χ4v) is 1.94. The van der Waals surface area contributed by atoms with Gasteiger partial charge in [-0.1, -0.05) is 6.92 Å². The summed E-state index contributed by atoms with van der Waals surface area (Å²) < 4.78 is 10.9. The summed E-state index contributed by atoms with van der Waals surface area (Å²) in [4.78, 5) is 16.2. The number of hydrogen-bond donors (Lipinski definition) is 2. The van der Waals surface area contributed by atoms with Gasteiger partial charge in [-0.3, -0.25) is 14.0 Å². The van der Waals surface area contributed by atoms with Crippen LogP contribution in [0, 0.1) is 6.92 Å². The van der Waals surface area contributed by atoms with Gasteiger partial charge in [0.05, 0.1) is 11.3 Å². The van der Waals surface area contributed by atoms with Crippen LogP contribution in [0.4, 0.5) is 5.69 Å². The molecule has 0 spiro atoms. The minimum atomic E-state index is -0.898. The predicted molar refractivity (Wildman–Crippen MR) is 79.0 cm³/mol. The highest BCUT2D eigenvalue weighted by atomic mass is 32.2. The molecule has 0 aliphatic heterocycles. The van der Waals surface area contributed by atoms with E-state index >= 15 is 0 Å². The van der Waals surface area contributed by atoms with Crippen molar-refractivity contribution < 1.29 is 9.00 Å². The molecule has 1 amide bonds. The summed E-state index contributed by atoms with van der Waals surface area (Å²) in [5.41, 5.74) is 2.19. The number of amides is 1. The molecule has 1 aromatic heterocycles. The SMILES string of the molecule is CCCNc1cc(C)ncc1C(=O)NCCS(C)=O. The van der Waals surface area contributed by atoms with Gasteiger partial charge in [-0.05, 0) is 19.4 Å². The average Bonchev–Trinajstić information content (AvgIpc) is 2.35. The van der Waals surface area contributed by atoms with Crippen LogP contribution in [0.5, 0.6) is 0 Å². The van der Waals surface area contributed by atoms with Gasteiger partial charge in [0.25, 0.3) is 5.91 Å². The number of aromatic nitrogens is 1. The fraction of sp³-hybridized carbons (Fsp3) is 0.538. The lowest BCUT2D eigenvalue weighted by Gasteiger charge is -2.12. The van der Waals surface area contributed by atoms with E-state index in [4.69, 9.17) is 0 Å². The Kier molecular flexibility index (Phi) is 6.49. The lowest BCUT2D eigenvalue weighted by atomic mass is 10.2. The Hall–Kier alpha value is -1.43. The number of anilines is 1. The van der Waals surface area contributed by atoms with E-state index in [0.717, 1.165) is 24.3 Å². The number of hydrogen-bond acceptors (Lipinski definition) is 4. The van der Waals surface area contributed by atoms with E-state index in [-0.39, 0.29) is 5.91 Å². The minimum absolute atomic E-state index is 0.184. The second kappa shape index (κ2) is 7.89. The van der Waals surface area contributed by atoms with Crippen LogP contribution in [0.25, 0.3) is 0 Å². The van der Waals surface area contributed by atoms with Crippen LogP contribution in [0.3, 0.4) is 0 Å². The van der Waals surface area contributed by atoms with Crippen molar-refractivity contribution in [3.63, 3.8) is 0 Å². The second-order valence-corrected chi connectivity index (χ2v) is 5.89. The molecular weight excluding hydrogens is 262 g/mol. The van der Waals surface area contributed by atoms with Gasteiger partial charge in [0, 0.05) is 47.8 Å². The zero-order valence-electron chi connectivity index (χ0n) is 11.7. The molecule has 0 aromatic carbocycles. The van der Waals surface area contributed by atoms with Gasteiger partial charge < -0.3 is 10.6 Å². The topological polar surface area (TPSA) is 71.1 Å². The lowest BCUT2D eigenvalue weighted by Crippen LogP contribution is -2.28. The molecule has 1 heterocycles. The molecule has 5 nitrogen and oxygen atoms in total. The molecule has 2 N–H and O–H groups in total. The molecule has 0 aliphatic carbocycles. The van der Waals surface area contributed by atoms with Gasteiger partial charge >= 0.3 is 0 Å². The van der Waals surface area contributed by atoms with Gasteiger partial charge in [0.2, 0.25) is 0 Å². The Labute approximate surface area is 116 Å². The maximum absolute atomic E-state index is 12.0. The average molecular weight is 283 g/mol.